The van der Waals surface area contributed by atoms with Crippen LogP contribution in [-0.4, -0.2) is 11.9 Å². The van der Waals surface area contributed by atoms with E-state index in [-0.39, 0.29) is 114 Å². The number of carbonyl (C=O) groups is 2. The zero-order valence-corrected chi connectivity index (χ0v) is 23.0. The Kier molecular flexibility index (Phi) is 9.45. The molecular formula is C22H12K2O4S. The Bertz CT molecular complexity index is 1070. The van der Waals surface area contributed by atoms with Gasteiger partial charge < -0.3 is 19.8 Å². The first-order valence-electron chi connectivity index (χ1n) is 8.19. The van der Waals surface area contributed by atoms with Crippen LogP contribution in [0, 0.1) is 0 Å². The van der Waals surface area contributed by atoms with Crippen molar-refractivity contribution in [3.05, 3.63) is 83.9 Å². The van der Waals surface area contributed by atoms with E-state index in [0.29, 0.717) is 0 Å². The number of fused-ring (bicyclic) bond motifs is 1. The third kappa shape index (κ3) is 5.37. The average Bonchev–Trinajstić information content (AvgIpc) is 3.08. The molecule has 0 aliphatic rings. The summed E-state index contributed by atoms with van der Waals surface area (Å²) in [6.07, 6.45) is 0. The van der Waals surface area contributed by atoms with Crippen molar-refractivity contribution in [3.8, 4) is 20.9 Å². The fraction of sp³-hybridized carbons (Fsp3) is 0. The predicted octanol–water partition coefficient (Wildman–Crippen LogP) is -3.03. The van der Waals surface area contributed by atoms with E-state index < -0.39 is 11.9 Å². The molecule has 0 aliphatic heterocycles. The van der Waals surface area contributed by atoms with Crippen molar-refractivity contribution in [1.82, 2.24) is 0 Å². The standard InChI is InChI=1S/C22H14O4S.2K/c23-21(24)15-9-5-13(6-10-15)19-17-3-1-2-4-18(17)20(27-19)14-7-11-16(12-8-14)22(25)26;;/h1-12H,(H,23,24)(H,25,26);;/q;2*+1/p-2. The van der Waals surface area contributed by atoms with E-state index in [1.165, 1.54) is 24.3 Å². The molecule has 4 aromatic rings. The summed E-state index contributed by atoms with van der Waals surface area (Å²) >= 11 is 1.58. The normalized spacial score (nSPS) is 10.1. The van der Waals surface area contributed by atoms with Gasteiger partial charge >= 0.3 is 103 Å². The van der Waals surface area contributed by atoms with E-state index in [2.05, 4.69) is 0 Å². The number of aromatic carboxylic acids is 2. The van der Waals surface area contributed by atoms with Crippen molar-refractivity contribution < 1.29 is 123 Å². The van der Waals surface area contributed by atoms with Crippen molar-refractivity contribution in [2.75, 3.05) is 0 Å². The Morgan fingerprint density at radius 3 is 1.24 bits per heavy atom. The van der Waals surface area contributed by atoms with Crippen molar-refractivity contribution in [1.29, 1.82) is 0 Å². The molecule has 0 radical (unpaired) electrons. The van der Waals surface area contributed by atoms with Crippen molar-refractivity contribution in [3.63, 3.8) is 0 Å². The molecule has 1 aromatic heterocycles. The fourth-order valence-corrected chi connectivity index (χ4v) is 4.32. The number of thiophene rings is 1. The quantitative estimate of drug-likeness (QED) is 0.310. The molecule has 3 aromatic carbocycles. The van der Waals surface area contributed by atoms with E-state index in [1.807, 2.05) is 24.3 Å². The number of carboxylic acids is 2. The molecule has 4 rings (SSSR count). The van der Waals surface area contributed by atoms with Gasteiger partial charge in [-0.3, -0.25) is 0 Å². The molecule has 0 bridgehead atoms. The van der Waals surface area contributed by atoms with Gasteiger partial charge in [0.1, 0.15) is 0 Å². The number of benzene rings is 3. The van der Waals surface area contributed by atoms with Gasteiger partial charge in [0.25, 0.3) is 0 Å². The molecule has 0 aliphatic carbocycles. The zero-order valence-electron chi connectivity index (χ0n) is 16.0. The van der Waals surface area contributed by atoms with Crippen molar-refractivity contribution >= 4 is 34.0 Å². The third-order valence-corrected chi connectivity index (χ3v) is 5.71. The molecule has 4 nitrogen and oxygen atoms in total. The molecule has 29 heavy (non-hydrogen) atoms. The summed E-state index contributed by atoms with van der Waals surface area (Å²) in [7, 11) is 0. The zero-order chi connectivity index (χ0) is 19.0. The molecule has 0 saturated heterocycles. The summed E-state index contributed by atoms with van der Waals surface area (Å²) in [5.41, 5.74) is 2.10. The second-order valence-electron chi connectivity index (χ2n) is 6.04. The van der Waals surface area contributed by atoms with Crippen LogP contribution in [0.5, 0.6) is 0 Å². The molecule has 0 saturated carbocycles. The first-order chi connectivity index (χ1) is 13.0. The summed E-state index contributed by atoms with van der Waals surface area (Å²) in [5.74, 6) is -2.41. The van der Waals surface area contributed by atoms with Crippen LogP contribution in [0.25, 0.3) is 31.7 Å². The number of rotatable bonds is 4. The van der Waals surface area contributed by atoms with Crippen LogP contribution in [-0.2, 0) is 0 Å². The number of carboxylic acid groups (broad SMARTS) is 2. The van der Waals surface area contributed by atoms with Gasteiger partial charge in [0, 0.05) is 20.5 Å². The summed E-state index contributed by atoms with van der Waals surface area (Å²) in [5, 5.41) is 24.1. The molecule has 0 N–H and O–H groups in total. The van der Waals surface area contributed by atoms with Crippen molar-refractivity contribution in [2.24, 2.45) is 0 Å². The van der Waals surface area contributed by atoms with Crippen LogP contribution < -0.4 is 113 Å². The number of carbonyl (C=O) groups excluding carboxylic acids is 2. The Balaban J connectivity index is 0.00000150. The topological polar surface area (TPSA) is 80.3 Å². The Morgan fingerprint density at radius 2 is 0.931 bits per heavy atom. The second kappa shape index (κ2) is 10.9. The Labute approximate surface area is 256 Å². The van der Waals surface area contributed by atoms with Gasteiger partial charge in [0.05, 0.1) is 11.9 Å². The Hall–Kier alpha value is -0.167. The molecule has 0 atom stereocenters. The average molecular weight is 451 g/mol. The summed E-state index contributed by atoms with van der Waals surface area (Å²) < 4.78 is 0. The molecular weight excluding hydrogens is 439 g/mol. The van der Waals surface area contributed by atoms with Crippen molar-refractivity contribution in [2.45, 2.75) is 0 Å². The van der Waals surface area contributed by atoms with Crippen LogP contribution in [0.15, 0.2) is 72.8 Å². The minimum absolute atomic E-state index is 0. The molecule has 0 amide bonds. The largest absolute Gasteiger partial charge is 1.00 e. The van der Waals surface area contributed by atoms with E-state index in [9.17, 15) is 19.8 Å². The Morgan fingerprint density at radius 1 is 0.586 bits per heavy atom. The first-order valence-corrected chi connectivity index (χ1v) is 9.01. The van der Waals surface area contributed by atoms with Crippen LogP contribution in [0.2, 0.25) is 0 Å². The summed E-state index contributed by atoms with van der Waals surface area (Å²) in [4.78, 5) is 24.0. The van der Waals surface area contributed by atoms with Gasteiger partial charge in [0.15, 0.2) is 0 Å². The smallest absolute Gasteiger partial charge is 0.545 e. The molecule has 7 heteroatoms. The van der Waals surface area contributed by atoms with Crippen LogP contribution in [0.4, 0.5) is 0 Å². The maximum atomic E-state index is 11.0. The number of hydrogen-bond acceptors (Lipinski definition) is 5. The van der Waals surface area contributed by atoms with Gasteiger partial charge in [-0.15, -0.1) is 11.3 Å². The van der Waals surface area contributed by atoms with Gasteiger partial charge in [-0.1, -0.05) is 72.8 Å². The van der Waals surface area contributed by atoms with Gasteiger partial charge in [0.2, 0.25) is 0 Å². The monoisotopic (exact) mass is 450 g/mol. The summed E-state index contributed by atoms with van der Waals surface area (Å²) in [6, 6.07) is 21.2. The molecule has 0 fully saturated rings. The SMILES string of the molecule is O=C([O-])c1ccc(-c2sc(-c3ccc(C(=O)[O-])cc3)c3ccccc23)cc1.[K+].[K+]. The molecule has 1 heterocycles. The first kappa shape index (κ1) is 25.1. The third-order valence-electron chi connectivity index (χ3n) is 4.39. The van der Waals surface area contributed by atoms with Crippen LogP contribution in [0.3, 0.4) is 0 Å². The van der Waals surface area contributed by atoms with E-state index >= 15 is 0 Å². The van der Waals surface area contributed by atoms with E-state index in [0.717, 1.165) is 31.7 Å². The predicted molar refractivity (Wildman–Crippen MR) is 101 cm³/mol. The van der Waals surface area contributed by atoms with Gasteiger partial charge in [-0.2, -0.15) is 0 Å². The summed E-state index contributed by atoms with van der Waals surface area (Å²) in [6.45, 7) is 0. The number of hydrogen-bond donors (Lipinski definition) is 0. The molecule has 0 unspecified atom stereocenters. The van der Waals surface area contributed by atoms with Gasteiger partial charge in [-0.05, 0) is 22.3 Å². The minimum atomic E-state index is -1.20. The van der Waals surface area contributed by atoms with E-state index in [4.69, 9.17) is 0 Å². The van der Waals surface area contributed by atoms with Crippen LogP contribution >= 0.6 is 11.3 Å². The fourth-order valence-electron chi connectivity index (χ4n) is 3.04. The second-order valence-corrected chi connectivity index (χ2v) is 7.06. The minimum Gasteiger partial charge on any atom is -0.545 e. The van der Waals surface area contributed by atoms with Crippen LogP contribution in [0.1, 0.15) is 20.7 Å². The maximum Gasteiger partial charge on any atom is 1.00 e. The van der Waals surface area contributed by atoms with Gasteiger partial charge in [-0.25, -0.2) is 0 Å². The molecule has 132 valence electrons. The maximum absolute atomic E-state index is 11.0. The molecule has 0 spiro atoms. The van der Waals surface area contributed by atoms with E-state index in [1.54, 1.807) is 35.6 Å².